The summed E-state index contributed by atoms with van der Waals surface area (Å²) in [6, 6.07) is 15.2. The van der Waals surface area contributed by atoms with Crippen LogP contribution in [-0.2, 0) is 18.3 Å². The summed E-state index contributed by atoms with van der Waals surface area (Å²) in [7, 11) is 1.72. The number of piperidine rings is 1. The first-order chi connectivity index (χ1) is 19.3. The molecule has 1 saturated heterocycles. The Balaban J connectivity index is 1.51. The maximum Gasteiger partial charge on any atom is 0.408 e. The largest absolute Gasteiger partial charge is 0.444 e. The molecule has 4 aromatic rings. The number of aromatic nitrogens is 4. The van der Waals surface area contributed by atoms with Crippen molar-refractivity contribution < 1.29 is 9.53 Å². The second-order valence-electron chi connectivity index (χ2n) is 11.7. The zero-order chi connectivity index (χ0) is 29.5. The molecule has 2 aromatic heterocycles. The van der Waals surface area contributed by atoms with Crippen molar-refractivity contribution in [3.05, 3.63) is 74.5 Å². The molecule has 1 N–H and O–H groups in total. The minimum Gasteiger partial charge on any atom is -0.444 e. The molecule has 0 bridgehead atoms. The van der Waals surface area contributed by atoms with Crippen molar-refractivity contribution in [3.63, 3.8) is 0 Å². The number of rotatable bonds is 5. The summed E-state index contributed by atoms with van der Waals surface area (Å²) in [5, 5.41) is 8.95. The minimum atomic E-state index is -0.573. The maximum absolute atomic E-state index is 13.9. The SMILES string of the molecule is Cn1c(N2CCC(C)(NC(=O)OC(C)(C)C)CC2)nc2nn(Cc3ccccc3)c(-c3cccc(Cl)c3Cl)c2c1=O. The van der Waals surface area contributed by atoms with Crippen molar-refractivity contribution in [3.8, 4) is 11.3 Å². The number of amides is 1. The third-order valence-corrected chi connectivity index (χ3v) is 8.11. The first-order valence-electron chi connectivity index (χ1n) is 13.6. The molecule has 1 amide bonds. The highest BCUT2D eigenvalue weighted by atomic mass is 35.5. The third kappa shape index (κ3) is 6.06. The summed E-state index contributed by atoms with van der Waals surface area (Å²) in [6.45, 7) is 9.14. The van der Waals surface area contributed by atoms with Gasteiger partial charge in [-0.15, -0.1) is 0 Å². The van der Waals surface area contributed by atoms with Crippen molar-refractivity contribution in [2.45, 2.75) is 58.2 Å². The number of fused-ring (bicyclic) bond motifs is 1. The summed E-state index contributed by atoms with van der Waals surface area (Å²) in [5.74, 6) is 0.523. The van der Waals surface area contributed by atoms with Crippen molar-refractivity contribution in [2.24, 2.45) is 7.05 Å². The Morgan fingerprint density at radius 1 is 1.07 bits per heavy atom. The summed E-state index contributed by atoms with van der Waals surface area (Å²) >= 11 is 13.0. The zero-order valence-electron chi connectivity index (χ0n) is 23.9. The van der Waals surface area contributed by atoms with E-state index in [2.05, 4.69) is 10.2 Å². The number of carbonyl (C=O) groups excluding carboxylic acids is 1. The van der Waals surface area contributed by atoms with Crippen LogP contribution in [-0.4, -0.2) is 49.7 Å². The molecule has 0 unspecified atom stereocenters. The van der Waals surface area contributed by atoms with Gasteiger partial charge in [0.05, 0.1) is 22.3 Å². The van der Waals surface area contributed by atoms with Crippen LogP contribution in [0.1, 0.15) is 46.1 Å². The summed E-state index contributed by atoms with van der Waals surface area (Å²) in [4.78, 5) is 33.3. The molecule has 1 aliphatic heterocycles. The van der Waals surface area contributed by atoms with Gasteiger partial charge in [0, 0.05) is 31.2 Å². The molecular formula is C30H34Cl2N6O3. The quantitative estimate of drug-likeness (QED) is 0.302. The maximum atomic E-state index is 13.9. The van der Waals surface area contributed by atoms with Gasteiger partial charge in [-0.25, -0.2) is 4.79 Å². The van der Waals surface area contributed by atoms with E-state index in [1.54, 1.807) is 28.4 Å². The van der Waals surface area contributed by atoms with Gasteiger partial charge in [0.15, 0.2) is 5.65 Å². The first kappa shape index (κ1) is 29.0. The predicted octanol–water partition coefficient (Wildman–Crippen LogP) is 6.04. The van der Waals surface area contributed by atoms with E-state index in [0.29, 0.717) is 70.8 Å². The van der Waals surface area contributed by atoms with Crippen LogP contribution in [0.3, 0.4) is 0 Å². The number of alkyl carbamates (subject to hydrolysis) is 1. The van der Waals surface area contributed by atoms with Gasteiger partial charge in [0.1, 0.15) is 11.0 Å². The molecule has 0 atom stereocenters. The Kier molecular flexibility index (Phi) is 7.78. The molecule has 9 nitrogen and oxygen atoms in total. The van der Waals surface area contributed by atoms with Crippen LogP contribution < -0.4 is 15.8 Å². The van der Waals surface area contributed by atoms with Gasteiger partial charge in [0.25, 0.3) is 5.56 Å². The van der Waals surface area contributed by atoms with E-state index in [-0.39, 0.29) is 5.56 Å². The topological polar surface area (TPSA) is 94.3 Å². The fraction of sp³-hybridized carbons (Fsp3) is 0.400. The molecular weight excluding hydrogens is 563 g/mol. The lowest BCUT2D eigenvalue weighted by Gasteiger charge is -2.40. The van der Waals surface area contributed by atoms with E-state index in [1.807, 2.05) is 64.1 Å². The number of carbonyl (C=O) groups is 1. The number of anilines is 1. The fourth-order valence-electron chi connectivity index (χ4n) is 5.14. The van der Waals surface area contributed by atoms with E-state index in [4.69, 9.17) is 38.0 Å². The molecule has 41 heavy (non-hydrogen) atoms. The normalized spacial score (nSPS) is 15.2. The summed E-state index contributed by atoms with van der Waals surface area (Å²) < 4.78 is 8.79. The second kappa shape index (κ2) is 11.0. The Bertz CT molecular complexity index is 1650. The predicted molar refractivity (Wildman–Crippen MR) is 163 cm³/mol. The van der Waals surface area contributed by atoms with E-state index in [9.17, 15) is 9.59 Å². The number of ether oxygens (including phenoxy) is 1. The molecule has 11 heteroatoms. The highest BCUT2D eigenvalue weighted by molar-refractivity contribution is 6.43. The first-order valence-corrected chi connectivity index (χ1v) is 14.3. The van der Waals surface area contributed by atoms with Gasteiger partial charge in [0.2, 0.25) is 5.95 Å². The monoisotopic (exact) mass is 596 g/mol. The molecule has 2 aromatic carbocycles. The molecule has 1 fully saturated rings. The van der Waals surface area contributed by atoms with E-state index in [1.165, 1.54) is 0 Å². The van der Waals surface area contributed by atoms with Crippen LogP contribution in [0.15, 0.2) is 53.3 Å². The highest BCUT2D eigenvalue weighted by Gasteiger charge is 2.35. The van der Waals surface area contributed by atoms with Gasteiger partial charge >= 0.3 is 6.09 Å². The van der Waals surface area contributed by atoms with Crippen LogP contribution in [0, 0.1) is 0 Å². The second-order valence-corrected chi connectivity index (χ2v) is 12.5. The van der Waals surface area contributed by atoms with Gasteiger partial charge in [-0.1, -0.05) is 65.7 Å². The van der Waals surface area contributed by atoms with Crippen molar-refractivity contribution >= 4 is 46.3 Å². The fourth-order valence-corrected chi connectivity index (χ4v) is 5.53. The Labute approximate surface area is 249 Å². The van der Waals surface area contributed by atoms with Crippen molar-refractivity contribution in [2.75, 3.05) is 18.0 Å². The lowest BCUT2D eigenvalue weighted by atomic mass is 9.90. The molecule has 1 aliphatic rings. The lowest BCUT2D eigenvalue weighted by molar-refractivity contribution is 0.0448. The molecule has 3 heterocycles. The molecule has 0 aliphatic carbocycles. The van der Waals surface area contributed by atoms with Crippen LogP contribution in [0.2, 0.25) is 10.0 Å². The zero-order valence-corrected chi connectivity index (χ0v) is 25.4. The lowest BCUT2D eigenvalue weighted by Crippen LogP contribution is -2.55. The van der Waals surface area contributed by atoms with Crippen molar-refractivity contribution in [1.82, 2.24) is 24.6 Å². The Morgan fingerprint density at radius 3 is 2.41 bits per heavy atom. The van der Waals surface area contributed by atoms with Crippen molar-refractivity contribution in [1.29, 1.82) is 0 Å². The van der Waals surface area contributed by atoms with Gasteiger partial charge in [-0.2, -0.15) is 10.1 Å². The smallest absolute Gasteiger partial charge is 0.408 e. The third-order valence-electron chi connectivity index (χ3n) is 7.29. The molecule has 0 radical (unpaired) electrons. The summed E-state index contributed by atoms with van der Waals surface area (Å²) in [6.07, 6.45) is 0.884. The number of hydrogen-bond donors (Lipinski definition) is 1. The average molecular weight is 598 g/mol. The average Bonchev–Trinajstić information content (AvgIpc) is 3.25. The summed E-state index contributed by atoms with van der Waals surface area (Å²) in [5.41, 5.74) is 1.31. The van der Waals surface area contributed by atoms with E-state index < -0.39 is 17.2 Å². The molecule has 0 saturated carbocycles. The van der Waals surface area contributed by atoms with Crippen LogP contribution >= 0.6 is 23.2 Å². The van der Waals surface area contributed by atoms with Crippen LogP contribution in [0.25, 0.3) is 22.3 Å². The molecule has 216 valence electrons. The number of halogens is 2. The highest BCUT2D eigenvalue weighted by Crippen LogP contribution is 2.37. The van der Waals surface area contributed by atoms with Crippen LogP contribution in [0.5, 0.6) is 0 Å². The van der Waals surface area contributed by atoms with Gasteiger partial charge in [-0.05, 0) is 52.2 Å². The van der Waals surface area contributed by atoms with Crippen LogP contribution in [0.4, 0.5) is 10.7 Å². The number of hydrogen-bond acceptors (Lipinski definition) is 6. The van der Waals surface area contributed by atoms with E-state index in [0.717, 1.165) is 5.56 Å². The Hall–Kier alpha value is -3.56. The molecule has 0 spiro atoms. The van der Waals surface area contributed by atoms with Gasteiger partial charge in [-0.3, -0.25) is 14.0 Å². The van der Waals surface area contributed by atoms with Gasteiger partial charge < -0.3 is 15.0 Å². The standard InChI is InChI=1S/C30H34Cl2N6O3/c1-29(2,3)41-28(40)34-30(4)14-16-37(17-15-30)27-33-25-22(26(39)36(27)5)24(20-12-9-13-21(31)23(20)32)38(35-25)18-19-10-7-6-8-11-19/h6-13H,14-18H2,1-5H3,(H,34,40). The number of nitrogens with zero attached hydrogens (tertiary/aromatic N) is 5. The number of benzene rings is 2. The minimum absolute atomic E-state index is 0.226. The molecule has 5 rings (SSSR count). The van der Waals surface area contributed by atoms with E-state index >= 15 is 0 Å². The Morgan fingerprint density at radius 2 is 1.76 bits per heavy atom. The number of nitrogens with one attached hydrogen (secondary N) is 1.